The van der Waals surface area contributed by atoms with Gasteiger partial charge in [0, 0.05) is 18.1 Å². The lowest BCUT2D eigenvalue weighted by atomic mass is 10.3. The van der Waals surface area contributed by atoms with Crippen molar-refractivity contribution in [1.29, 1.82) is 0 Å². The normalized spacial score (nSPS) is 11.8. The number of nitrogens with zero attached hydrogens (tertiary/aromatic N) is 1. The summed E-state index contributed by atoms with van der Waals surface area (Å²) in [4.78, 5) is 0. The molecule has 114 valence electrons. The molecule has 0 amide bonds. The third-order valence-electron chi connectivity index (χ3n) is 2.68. The molecule has 1 aromatic rings. The first-order valence-corrected chi connectivity index (χ1v) is 8.50. The molecule has 0 saturated heterocycles. The molecule has 0 heterocycles. The summed E-state index contributed by atoms with van der Waals surface area (Å²) in [5, 5.41) is 3.11. The fourth-order valence-electron chi connectivity index (χ4n) is 1.53. The summed E-state index contributed by atoms with van der Waals surface area (Å²) in [6, 6.07) is 4.28. The molecule has 0 radical (unpaired) electrons. The summed E-state index contributed by atoms with van der Waals surface area (Å²) in [7, 11) is -2.30. The quantitative estimate of drug-likeness (QED) is 0.692. The van der Waals surface area contributed by atoms with E-state index in [0.717, 1.165) is 13.1 Å². The molecule has 0 aromatic heterocycles. The van der Waals surface area contributed by atoms with Crippen molar-refractivity contribution in [2.75, 3.05) is 31.4 Å². The van der Waals surface area contributed by atoms with Crippen molar-refractivity contribution in [2.45, 2.75) is 13.3 Å². The van der Waals surface area contributed by atoms with Crippen LogP contribution in [0.4, 0.5) is 10.1 Å². The summed E-state index contributed by atoms with van der Waals surface area (Å²) in [5.41, 5.74) is -0.0777. The van der Waals surface area contributed by atoms with Crippen LogP contribution in [0.15, 0.2) is 22.7 Å². The molecule has 0 bridgehead atoms. The van der Waals surface area contributed by atoms with E-state index in [2.05, 4.69) is 26.0 Å². The van der Waals surface area contributed by atoms with Crippen molar-refractivity contribution < 1.29 is 12.8 Å². The third kappa shape index (κ3) is 5.01. The van der Waals surface area contributed by atoms with Crippen molar-refractivity contribution in [2.24, 2.45) is 0 Å². The monoisotopic (exact) mass is 367 g/mol. The molecule has 0 atom stereocenters. The lowest BCUT2D eigenvalue weighted by molar-refractivity contribution is 0.459. The van der Waals surface area contributed by atoms with E-state index in [1.54, 1.807) is 6.07 Å². The summed E-state index contributed by atoms with van der Waals surface area (Å²) in [6.07, 6.45) is 0.684. The zero-order valence-corrected chi connectivity index (χ0v) is 13.9. The van der Waals surface area contributed by atoms with Gasteiger partial charge in [-0.1, -0.05) is 13.0 Å². The second-order valence-electron chi connectivity index (χ2n) is 4.23. The second kappa shape index (κ2) is 7.92. The van der Waals surface area contributed by atoms with Gasteiger partial charge in [-0.05, 0) is 47.6 Å². The standard InChI is InChI=1S/C12H19BrFN3O2S/c1-3-15-8-5-9-17(2)20(18,19)16-12-10(13)6-4-7-11(12)14/h4,6-7,15-16H,3,5,8-9H2,1-2H3. The van der Waals surface area contributed by atoms with E-state index in [-0.39, 0.29) is 5.69 Å². The van der Waals surface area contributed by atoms with Gasteiger partial charge in [0.25, 0.3) is 0 Å². The first-order chi connectivity index (χ1) is 9.38. The fourth-order valence-corrected chi connectivity index (χ4v) is 3.09. The largest absolute Gasteiger partial charge is 0.317 e. The van der Waals surface area contributed by atoms with E-state index in [9.17, 15) is 12.8 Å². The number of para-hydroxylation sites is 1. The molecule has 5 nitrogen and oxygen atoms in total. The minimum atomic E-state index is -3.76. The summed E-state index contributed by atoms with van der Waals surface area (Å²) < 4.78 is 41.5. The number of anilines is 1. The second-order valence-corrected chi connectivity index (χ2v) is 6.86. The lowest BCUT2D eigenvalue weighted by Gasteiger charge is -2.19. The Morgan fingerprint density at radius 2 is 2.10 bits per heavy atom. The Kier molecular flexibility index (Phi) is 6.87. The number of halogens is 2. The van der Waals surface area contributed by atoms with Gasteiger partial charge in [0.2, 0.25) is 0 Å². The van der Waals surface area contributed by atoms with Crippen molar-refractivity contribution in [3.05, 3.63) is 28.5 Å². The van der Waals surface area contributed by atoms with E-state index in [4.69, 9.17) is 0 Å². The highest BCUT2D eigenvalue weighted by molar-refractivity contribution is 9.10. The fraction of sp³-hybridized carbons (Fsp3) is 0.500. The van der Waals surface area contributed by atoms with Crippen LogP contribution in [0, 0.1) is 5.82 Å². The Bertz CT molecular complexity index is 519. The van der Waals surface area contributed by atoms with Crippen LogP contribution >= 0.6 is 15.9 Å². The molecule has 0 unspecified atom stereocenters. The predicted molar refractivity (Wildman–Crippen MR) is 82.4 cm³/mol. The molecule has 1 rings (SSSR count). The van der Waals surface area contributed by atoms with Gasteiger partial charge in [0.15, 0.2) is 0 Å². The molecule has 0 aliphatic heterocycles. The van der Waals surface area contributed by atoms with Crippen LogP contribution in [0.5, 0.6) is 0 Å². The van der Waals surface area contributed by atoms with Crippen LogP contribution in [0.3, 0.4) is 0 Å². The smallest absolute Gasteiger partial charge is 0.301 e. The van der Waals surface area contributed by atoms with Gasteiger partial charge >= 0.3 is 10.2 Å². The number of rotatable bonds is 8. The molecule has 0 aliphatic rings. The Labute approximate surface area is 127 Å². The van der Waals surface area contributed by atoms with Crippen LogP contribution in [-0.2, 0) is 10.2 Å². The van der Waals surface area contributed by atoms with Gasteiger partial charge in [-0.25, -0.2) is 4.39 Å². The number of hydrogen-bond donors (Lipinski definition) is 2. The van der Waals surface area contributed by atoms with Gasteiger partial charge in [-0.3, -0.25) is 4.72 Å². The average Bonchev–Trinajstić information content (AvgIpc) is 2.39. The average molecular weight is 368 g/mol. The highest BCUT2D eigenvalue weighted by Gasteiger charge is 2.20. The van der Waals surface area contributed by atoms with E-state index in [0.29, 0.717) is 17.4 Å². The maximum absolute atomic E-state index is 13.6. The maximum Gasteiger partial charge on any atom is 0.301 e. The van der Waals surface area contributed by atoms with Gasteiger partial charge < -0.3 is 5.32 Å². The zero-order valence-electron chi connectivity index (χ0n) is 11.5. The van der Waals surface area contributed by atoms with Crippen molar-refractivity contribution in [3.63, 3.8) is 0 Å². The van der Waals surface area contributed by atoms with Crippen LogP contribution < -0.4 is 10.0 Å². The minimum Gasteiger partial charge on any atom is -0.317 e. The van der Waals surface area contributed by atoms with E-state index < -0.39 is 16.0 Å². The van der Waals surface area contributed by atoms with Gasteiger partial charge in [0.1, 0.15) is 5.82 Å². The SMILES string of the molecule is CCNCCCN(C)S(=O)(=O)Nc1c(F)cccc1Br. The predicted octanol–water partition coefficient (Wildman–Crippen LogP) is 2.18. The Balaban J connectivity index is 2.69. The van der Waals surface area contributed by atoms with Crippen molar-refractivity contribution >= 4 is 31.8 Å². The summed E-state index contributed by atoms with van der Waals surface area (Å²) in [6.45, 7) is 3.92. The molecule has 0 spiro atoms. The summed E-state index contributed by atoms with van der Waals surface area (Å²) >= 11 is 3.13. The Morgan fingerprint density at radius 3 is 2.70 bits per heavy atom. The van der Waals surface area contributed by atoms with Gasteiger partial charge in [-0.2, -0.15) is 12.7 Å². The molecular formula is C12H19BrFN3O2S. The number of hydrogen-bond acceptors (Lipinski definition) is 3. The highest BCUT2D eigenvalue weighted by atomic mass is 79.9. The first kappa shape index (κ1) is 17.4. The number of benzene rings is 1. The lowest BCUT2D eigenvalue weighted by Crippen LogP contribution is -2.34. The van der Waals surface area contributed by atoms with Crippen LogP contribution in [0.2, 0.25) is 0 Å². The maximum atomic E-state index is 13.6. The van der Waals surface area contributed by atoms with E-state index in [1.807, 2.05) is 6.92 Å². The van der Waals surface area contributed by atoms with Crippen molar-refractivity contribution in [1.82, 2.24) is 9.62 Å². The molecule has 1 aromatic carbocycles. The minimum absolute atomic E-state index is 0.0777. The van der Waals surface area contributed by atoms with E-state index in [1.165, 1.54) is 23.5 Å². The van der Waals surface area contributed by atoms with E-state index >= 15 is 0 Å². The number of nitrogens with one attached hydrogen (secondary N) is 2. The first-order valence-electron chi connectivity index (χ1n) is 6.27. The van der Waals surface area contributed by atoms with Crippen LogP contribution in [0.25, 0.3) is 0 Å². The Morgan fingerprint density at radius 1 is 1.40 bits per heavy atom. The van der Waals surface area contributed by atoms with Gasteiger partial charge in [0.05, 0.1) is 5.69 Å². The molecular weight excluding hydrogens is 349 g/mol. The molecule has 0 aliphatic carbocycles. The molecule has 0 fully saturated rings. The molecule has 8 heteroatoms. The highest BCUT2D eigenvalue weighted by Crippen LogP contribution is 2.26. The third-order valence-corrected chi connectivity index (χ3v) is 4.81. The molecule has 20 heavy (non-hydrogen) atoms. The topological polar surface area (TPSA) is 61.4 Å². The van der Waals surface area contributed by atoms with Gasteiger partial charge in [-0.15, -0.1) is 0 Å². The molecule has 2 N–H and O–H groups in total. The molecule has 0 saturated carbocycles. The Hall–Kier alpha value is -0.700. The summed E-state index contributed by atoms with van der Waals surface area (Å²) in [5.74, 6) is -0.621. The van der Waals surface area contributed by atoms with Crippen LogP contribution in [0.1, 0.15) is 13.3 Å². The van der Waals surface area contributed by atoms with Crippen LogP contribution in [-0.4, -0.2) is 39.4 Å². The zero-order chi connectivity index (χ0) is 15.2. The van der Waals surface area contributed by atoms with Crippen molar-refractivity contribution in [3.8, 4) is 0 Å².